The van der Waals surface area contributed by atoms with Crippen LogP contribution in [-0.4, -0.2) is 62.3 Å². The molecule has 0 saturated carbocycles. The zero-order chi connectivity index (χ0) is 25.9. The van der Waals surface area contributed by atoms with Gasteiger partial charge in [0, 0.05) is 17.7 Å². The van der Waals surface area contributed by atoms with E-state index in [1.54, 1.807) is 34.2 Å². The number of hydrogen-bond acceptors (Lipinski definition) is 7. The summed E-state index contributed by atoms with van der Waals surface area (Å²) in [6.45, 7) is 3.09. The van der Waals surface area contributed by atoms with Gasteiger partial charge in [0.15, 0.2) is 9.84 Å². The topological polar surface area (TPSA) is 76.8 Å². The summed E-state index contributed by atoms with van der Waals surface area (Å²) in [7, 11) is 0.654. The van der Waals surface area contributed by atoms with E-state index in [2.05, 4.69) is 5.16 Å². The number of sulfone groups is 1. The summed E-state index contributed by atoms with van der Waals surface area (Å²) < 4.78 is 25.9. The smallest absolute Gasteiger partial charge is 0.175 e. The quantitative estimate of drug-likeness (QED) is 0.156. The lowest BCUT2D eigenvalue weighted by atomic mass is 10.2. The second-order valence-electron chi connectivity index (χ2n) is 8.56. The average Bonchev–Trinajstić information content (AvgIpc) is 3.49. The van der Waals surface area contributed by atoms with Gasteiger partial charge >= 0.3 is 0 Å². The highest BCUT2D eigenvalue weighted by Gasteiger charge is 2.18. The molecule has 2 aromatic carbocycles. The lowest BCUT2D eigenvalue weighted by Crippen LogP contribution is -2.17. The molecule has 36 heavy (non-hydrogen) atoms. The number of para-hydroxylation sites is 1. The molecule has 0 atom stereocenters. The minimum absolute atomic E-state index is 0.291. The fourth-order valence-electron chi connectivity index (χ4n) is 3.46. The molecule has 2 heterocycles. The number of rotatable bonds is 9. The molecule has 0 bridgehead atoms. The van der Waals surface area contributed by atoms with Crippen LogP contribution in [-0.2, 0) is 14.7 Å². The maximum Gasteiger partial charge on any atom is 0.175 e. The van der Waals surface area contributed by atoms with Gasteiger partial charge in [-0.25, -0.2) is 13.1 Å². The van der Waals surface area contributed by atoms with Crippen molar-refractivity contribution in [1.82, 2.24) is 14.7 Å². The van der Waals surface area contributed by atoms with Gasteiger partial charge in [-0.15, -0.1) is 11.3 Å². The lowest BCUT2D eigenvalue weighted by molar-refractivity contribution is 0.126. The summed E-state index contributed by atoms with van der Waals surface area (Å²) in [5, 5.41) is 9.61. The summed E-state index contributed by atoms with van der Waals surface area (Å²) >= 11 is 8.07. The van der Waals surface area contributed by atoms with Crippen molar-refractivity contribution in [3.8, 4) is 26.7 Å². The number of benzene rings is 2. The van der Waals surface area contributed by atoms with Crippen LogP contribution in [0.5, 0.6) is 0 Å². The van der Waals surface area contributed by atoms with Crippen molar-refractivity contribution < 1.29 is 13.3 Å². The van der Waals surface area contributed by atoms with E-state index in [4.69, 9.17) is 21.5 Å². The van der Waals surface area contributed by atoms with Crippen LogP contribution in [0.25, 0.3) is 26.7 Å². The molecule has 10 heteroatoms. The number of likely N-dealkylation sites (N-methyl/N-ethyl adjacent to an activating group) is 1. The second kappa shape index (κ2) is 11.0. The molecular formula is C26H27ClN4O3S2. The zero-order valence-corrected chi connectivity index (χ0v) is 22.9. The Labute approximate surface area is 220 Å². The van der Waals surface area contributed by atoms with Crippen molar-refractivity contribution in [3.05, 3.63) is 77.4 Å². The number of hydrogen-bond donors (Lipinski definition) is 0. The Hall–Kier alpha value is -2.98. The van der Waals surface area contributed by atoms with Crippen LogP contribution in [0, 0.1) is 0 Å². The first-order valence-corrected chi connectivity index (χ1v) is 14.3. The van der Waals surface area contributed by atoms with E-state index in [0.717, 1.165) is 33.2 Å². The molecule has 0 aliphatic carbocycles. The standard InChI is InChI=1S/C26H27ClN4O3S2/c1-18(29-34-15-14-30(2)3)22-17-24(31(28-22)23-11-6-5-10-21(23)27)26-13-12-25(35-26)19-8-7-9-20(16-19)36(4,32)33/h5-13,16-17H,14-15H2,1-4H3. The van der Waals surface area contributed by atoms with Crippen molar-refractivity contribution in [3.63, 3.8) is 0 Å². The summed E-state index contributed by atoms with van der Waals surface area (Å²) in [6.07, 6.45) is 1.21. The molecule has 7 nitrogen and oxygen atoms in total. The fraction of sp³-hybridized carbons (Fsp3) is 0.231. The molecule has 4 rings (SSSR count). The molecule has 188 valence electrons. The second-order valence-corrected chi connectivity index (χ2v) is 12.1. The third kappa shape index (κ3) is 6.04. The molecule has 0 N–H and O–H groups in total. The molecule has 0 fully saturated rings. The summed E-state index contributed by atoms with van der Waals surface area (Å²) in [5.74, 6) is 0. The van der Waals surface area contributed by atoms with E-state index in [1.165, 1.54) is 6.26 Å². The predicted molar refractivity (Wildman–Crippen MR) is 147 cm³/mol. The maximum absolute atomic E-state index is 12.0. The van der Waals surface area contributed by atoms with Crippen LogP contribution in [0.4, 0.5) is 0 Å². The monoisotopic (exact) mass is 542 g/mol. The SMILES string of the molecule is CC(=NOCCN(C)C)c1cc(-c2ccc(-c3cccc(S(C)(=O)=O)c3)s2)n(-c2ccccc2Cl)n1. The van der Waals surface area contributed by atoms with Crippen LogP contribution in [0.15, 0.2) is 76.8 Å². The van der Waals surface area contributed by atoms with Crippen LogP contribution < -0.4 is 0 Å². The Balaban J connectivity index is 1.74. The minimum atomic E-state index is -3.30. The highest BCUT2D eigenvalue weighted by molar-refractivity contribution is 7.90. The lowest BCUT2D eigenvalue weighted by Gasteiger charge is -2.08. The van der Waals surface area contributed by atoms with Crippen molar-refractivity contribution in [2.75, 3.05) is 33.5 Å². The van der Waals surface area contributed by atoms with Gasteiger partial charge in [-0.2, -0.15) is 5.10 Å². The highest BCUT2D eigenvalue weighted by Crippen LogP contribution is 2.37. The number of halogens is 1. The normalized spacial score (nSPS) is 12.3. The Morgan fingerprint density at radius 3 is 2.56 bits per heavy atom. The van der Waals surface area contributed by atoms with E-state index in [9.17, 15) is 8.42 Å². The van der Waals surface area contributed by atoms with Gasteiger partial charge in [-0.1, -0.05) is 41.0 Å². The van der Waals surface area contributed by atoms with Crippen molar-refractivity contribution in [2.45, 2.75) is 11.8 Å². The van der Waals surface area contributed by atoms with E-state index in [-0.39, 0.29) is 0 Å². The molecule has 0 radical (unpaired) electrons. The third-order valence-corrected chi connectivity index (χ3v) is 7.98. The van der Waals surface area contributed by atoms with Crippen molar-refractivity contribution in [2.24, 2.45) is 5.16 Å². The Morgan fingerprint density at radius 2 is 1.83 bits per heavy atom. The summed E-state index contributed by atoms with van der Waals surface area (Å²) in [6, 6.07) is 20.4. The Bertz CT molecular complexity index is 1510. The molecule has 0 spiro atoms. The van der Waals surface area contributed by atoms with E-state index in [0.29, 0.717) is 27.9 Å². The molecular weight excluding hydrogens is 516 g/mol. The maximum atomic E-state index is 12.0. The molecule has 0 saturated heterocycles. The van der Waals surface area contributed by atoms with Gasteiger partial charge in [0.25, 0.3) is 0 Å². The summed E-state index contributed by atoms with van der Waals surface area (Å²) in [5.41, 5.74) is 3.75. The number of nitrogens with zero attached hydrogens (tertiary/aromatic N) is 4. The summed E-state index contributed by atoms with van der Waals surface area (Å²) in [4.78, 5) is 9.68. The Morgan fingerprint density at radius 1 is 1.08 bits per heavy atom. The van der Waals surface area contributed by atoms with Gasteiger partial charge in [-0.3, -0.25) is 0 Å². The van der Waals surface area contributed by atoms with E-state index in [1.807, 2.05) is 74.4 Å². The van der Waals surface area contributed by atoms with Crippen molar-refractivity contribution in [1.29, 1.82) is 0 Å². The van der Waals surface area contributed by atoms with E-state index >= 15 is 0 Å². The highest BCUT2D eigenvalue weighted by atomic mass is 35.5. The van der Waals surface area contributed by atoms with Crippen LogP contribution in [0.1, 0.15) is 12.6 Å². The predicted octanol–water partition coefficient (Wildman–Crippen LogP) is 5.63. The fourth-order valence-corrected chi connectivity index (χ4v) is 5.35. The van der Waals surface area contributed by atoms with E-state index < -0.39 is 9.84 Å². The number of thiophene rings is 1. The van der Waals surface area contributed by atoms with Crippen LogP contribution >= 0.6 is 22.9 Å². The molecule has 0 unspecified atom stereocenters. The largest absolute Gasteiger partial charge is 0.394 e. The first-order valence-electron chi connectivity index (χ1n) is 11.2. The van der Waals surface area contributed by atoms with Crippen LogP contribution in [0.3, 0.4) is 0 Å². The molecule has 0 aliphatic rings. The van der Waals surface area contributed by atoms with Gasteiger partial charge in [0.2, 0.25) is 0 Å². The van der Waals surface area contributed by atoms with Gasteiger partial charge in [-0.05, 0) is 69.0 Å². The van der Waals surface area contributed by atoms with Crippen molar-refractivity contribution >= 4 is 38.5 Å². The zero-order valence-electron chi connectivity index (χ0n) is 20.5. The molecule has 4 aromatic rings. The average molecular weight is 543 g/mol. The third-order valence-electron chi connectivity index (χ3n) is 5.40. The van der Waals surface area contributed by atoms with Gasteiger partial charge < -0.3 is 9.74 Å². The number of aromatic nitrogens is 2. The number of oxime groups is 1. The molecule has 0 amide bonds. The van der Waals surface area contributed by atoms with Gasteiger partial charge in [0.1, 0.15) is 18.0 Å². The van der Waals surface area contributed by atoms with Crippen LogP contribution in [0.2, 0.25) is 5.02 Å². The first kappa shape index (κ1) is 26.1. The minimum Gasteiger partial charge on any atom is -0.394 e. The first-order chi connectivity index (χ1) is 17.1. The molecule has 0 aliphatic heterocycles. The van der Waals surface area contributed by atoms with Gasteiger partial charge in [0.05, 0.1) is 26.2 Å². The Kier molecular flexibility index (Phi) is 7.94. The molecule has 2 aromatic heterocycles.